The number of esters is 2. The molecule has 9 heteroatoms. The largest absolute Gasteiger partial charge is 0.465 e. The van der Waals surface area contributed by atoms with Crippen LogP contribution in [0.3, 0.4) is 0 Å². The van der Waals surface area contributed by atoms with Crippen molar-refractivity contribution < 1.29 is 19.1 Å². The number of nitrogens with zero attached hydrogens (tertiary/aromatic N) is 1. The number of carbonyl (C=O) groups is 2. The number of ether oxygens (including phenoxy) is 2. The van der Waals surface area contributed by atoms with Crippen LogP contribution in [-0.2, 0) is 14.3 Å². The molecule has 0 amide bonds. The number of methoxy groups -OCH3 is 1. The summed E-state index contributed by atoms with van der Waals surface area (Å²) in [5.74, 6) is -0.401. The number of unbranched alkanes of at least 4 members (excludes halogenated alkanes) is 1. The Hall–Kier alpha value is -3.07. The van der Waals surface area contributed by atoms with Crippen molar-refractivity contribution in [1.82, 2.24) is 9.97 Å². The summed E-state index contributed by atoms with van der Waals surface area (Å²) in [5.41, 5.74) is 1.96. The maximum absolute atomic E-state index is 13.2. The molecule has 2 aromatic rings. The average Bonchev–Trinajstić information content (AvgIpc) is 2.78. The van der Waals surface area contributed by atoms with Crippen LogP contribution < -0.4 is 10.9 Å². The number of thioether (sulfide) groups is 1. The molecule has 1 unspecified atom stereocenters. The molecule has 0 saturated carbocycles. The number of aromatic nitrogens is 2. The molecule has 1 atom stereocenters. The second-order valence-corrected chi connectivity index (χ2v) is 8.35. The van der Waals surface area contributed by atoms with Gasteiger partial charge in [0.1, 0.15) is 5.82 Å². The van der Waals surface area contributed by atoms with E-state index >= 15 is 0 Å². The number of carbonyl (C=O) groups excluding carboxylic acids is 2. The zero-order valence-corrected chi connectivity index (χ0v) is 19.4. The van der Waals surface area contributed by atoms with Gasteiger partial charge in [-0.1, -0.05) is 37.2 Å². The number of hydrogen-bond donors (Lipinski definition) is 2. The number of rotatable bonds is 8. The number of aromatic amines is 1. The molecule has 170 valence electrons. The van der Waals surface area contributed by atoms with Crippen molar-refractivity contribution in [3.8, 4) is 0 Å². The van der Waals surface area contributed by atoms with E-state index < -0.39 is 17.9 Å². The third-order valence-electron chi connectivity index (χ3n) is 5.12. The number of benzene rings is 1. The van der Waals surface area contributed by atoms with E-state index in [1.807, 2.05) is 0 Å². The van der Waals surface area contributed by atoms with Crippen LogP contribution in [0.15, 0.2) is 45.5 Å². The van der Waals surface area contributed by atoms with E-state index in [0.29, 0.717) is 38.9 Å². The normalized spacial score (nSPS) is 15.1. The summed E-state index contributed by atoms with van der Waals surface area (Å²) in [4.78, 5) is 45.3. The van der Waals surface area contributed by atoms with Gasteiger partial charge >= 0.3 is 11.9 Å². The maximum Gasteiger partial charge on any atom is 0.337 e. The number of fused-ring (bicyclic) bond motifs is 1. The Bertz CT molecular complexity index is 1090. The van der Waals surface area contributed by atoms with Crippen molar-refractivity contribution in [2.75, 3.05) is 24.8 Å². The molecule has 32 heavy (non-hydrogen) atoms. The van der Waals surface area contributed by atoms with E-state index in [2.05, 4.69) is 22.2 Å². The highest BCUT2D eigenvalue weighted by atomic mass is 32.2. The lowest BCUT2D eigenvalue weighted by Crippen LogP contribution is -2.31. The van der Waals surface area contributed by atoms with Crippen molar-refractivity contribution in [2.24, 2.45) is 0 Å². The van der Waals surface area contributed by atoms with Crippen molar-refractivity contribution >= 4 is 29.5 Å². The summed E-state index contributed by atoms with van der Waals surface area (Å²) in [6, 6.07) is 6.64. The summed E-state index contributed by atoms with van der Waals surface area (Å²) in [7, 11) is 1.31. The highest BCUT2D eigenvalue weighted by Gasteiger charge is 2.36. The minimum atomic E-state index is -0.692. The van der Waals surface area contributed by atoms with Gasteiger partial charge in [-0.15, -0.1) is 0 Å². The third kappa shape index (κ3) is 4.88. The molecule has 0 saturated heterocycles. The summed E-state index contributed by atoms with van der Waals surface area (Å²) in [5, 5.41) is 3.65. The Kier molecular flexibility index (Phi) is 7.74. The lowest BCUT2D eigenvalue weighted by Gasteiger charge is -2.28. The van der Waals surface area contributed by atoms with E-state index in [-0.39, 0.29) is 12.2 Å². The van der Waals surface area contributed by atoms with E-state index in [9.17, 15) is 14.4 Å². The van der Waals surface area contributed by atoms with Gasteiger partial charge in [-0.3, -0.25) is 4.79 Å². The minimum Gasteiger partial charge on any atom is -0.465 e. The quantitative estimate of drug-likeness (QED) is 0.266. The highest BCUT2D eigenvalue weighted by Crippen LogP contribution is 2.40. The van der Waals surface area contributed by atoms with E-state index in [4.69, 9.17) is 9.47 Å². The Labute approximate surface area is 190 Å². The zero-order chi connectivity index (χ0) is 23.3. The van der Waals surface area contributed by atoms with Crippen LogP contribution in [0.25, 0.3) is 0 Å². The number of H-pyrrole nitrogens is 1. The van der Waals surface area contributed by atoms with Crippen LogP contribution in [0.1, 0.15) is 61.0 Å². The number of allylic oxidation sites excluding steroid dienone is 1. The zero-order valence-electron chi connectivity index (χ0n) is 18.6. The van der Waals surface area contributed by atoms with Crippen LogP contribution in [0.4, 0.5) is 5.82 Å². The van der Waals surface area contributed by atoms with Gasteiger partial charge in [0.15, 0.2) is 5.16 Å². The van der Waals surface area contributed by atoms with Crippen LogP contribution in [0, 0.1) is 0 Å². The van der Waals surface area contributed by atoms with Crippen molar-refractivity contribution in [3.63, 3.8) is 0 Å². The number of hydrogen-bond acceptors (Lipinski definition) is 8. The molecule has 0 radical (unpaired) electrons. The monoisotopic (exact) mass is 457 g/mol. The first kappa shape index (κ1) is 23.6. The number of anilines is 1. The second-order valence-electron chi connectivity index (χ2n) is 7.27. The van der Waals surface area contributed by atoms with Gasteiger partial charge in [0.05, 0.1) is 36.3 Å². The molecule has 8 nitrogen and oxygen atoms in total. The Morgan fingerprint density at radius 2 is 1.88 bits per heavy atom. The van der Waals surface area contributed by atoms with Gasteiger partial charge in [-0.05, 0) is 38.0 Å². The molecule has 2 N–H and O–H groups in total. The predicted octanol–water partition coefficient (Wildman–Crippen LogP) is 3.84. The van der Waals surface area contributed by atoms with Crippen LogP contribution in [-0.4, -0.2) is 41.4 Å². The first-order valence-electron chi connectivity index (χ1n) is 10.5. The van der Waals surface area contributed by atoms with Crippen molar-refractivity contribution in [3.05, 3.63) is 62.6 Å². The SMILES string of the molecule is CCCCSc1nc2c(c(=O)[nH]1)C(c1ccc(C(=O)OC)cc1)C(C(=O)OCC)=C(C)N2. The summed E-state index contributed by atoms with van der Waals surface area (Å²) in [6.07, 6.45) is 2.06. The summed E-state index contributed by atoms with van der Waals surface area (Å²) >= 11 is 1.49. The standard InChI is InChI=1S/C23H27N3O5S/c1-5-7-12-32-23-25-19-18(20(27)26-23)17(16(13(3)24-19)22(29)31-6-2)14-8-10-15(11-9-14)21(28)30-4/h8-11,17H,5-7,12H2,1-4H3,(H2,24,25,26,27). The van der Waals surface area contributed by atoms with Gasteiger partial charge < -0.3 is 19.8 Å². The van der Waals surface area contributed by atoms with E-state index in [1.165, 1.54) is 18.9 Å². The molecule has 1 aliphatic rings. The summed E-state index contributed by atoms with van der Waals surface area (Å²) < 4.78 is 10.0. The molecule has 0 spiro atoms. The van der Waals surface area contributed by atoms with Gasteiger partial charge in [-0.2, -0.15) is 0 Å². The molecule has 0 aliphatic carbocycles. The maximum atomic E-state index is 13.2. The molecule has 2 heterocycles. The van der Waals surface area contributed by atoms with Gasteiger partial charge in [0, 0.05) is 11.4 Å². The molecule has 0 bridgehead atoms. The lowest BCUT2D eigenvalue weighted by atomic mass is 9.82. The van der Waals surface area contributed by atoms with E-state index in [1.54, 1.807) is 38.1 Å². The molecule has 0 fully saturated rings. The Morgan fingerprint density at radius 3 is 2.50 bits per heavy atom. The van der Waals surface area contributed by atoms with Crippen LogP contribution in [0.5, 0.6) is 0 Å². The van der Waals surface area contributed by atoms with Crippen molar-refractivity contribution in [2.45, 2.75) is 44.7 Å². The predicted molar refractivity (Wildman–Crippen MR) is 123 cm³/mol. The minimum absolute atomic E-state index is 0.206. The molecule has 1 aliphatic heterocycles. The molecular formula is C23H27N3O5S. The van der Waals surface area contributed by atoms with Crippen LogP contribution >= 0.6 is 11.8 Å². The summed E-state index contributed by atoms with van der Waals surface area (Å²) in [6.45, 7) is 5.80. The average molecular weight is 458 g/mol. The fourth-order valence-electron chi connectivity index (χ4n) is 3.55. The lowest BCUT2D eigenvalue weighted by molar-refractivity contribution is -0.138. The fraction of sp³-hybridized carbons (Fsp3) is 0.391. The van der Waals surface area contributed by atoms with Crippen molar-refractivity contribution in [1.29, 1.82) is 0 Å². The topological polar surface area (TPSA) is 110 Å². The van der Waals surface area contributed by atoms with Crippen LogP contribution in [0.2, 0.25) is 0 Å². The Morgan fingerprint density at radius 1 is 1.16 bits per heavy atom. The van der Waals surface area contributed by atoms with Gasteiger partial charge in [0.25, 0.3) is 5.56 Å². The molecule has 1 aromatic carbocycles. The fourth-order valence-corrected chi connectivity index (χ4v) is 4.50. The van der Waals surface area contributed by atoms with E-state index in [0.717, 1.165) is 18.6 Å². The van der Waals surface area contributed by atoms with Gasteiger partial charge in [0.2, 0.25) is 0 Å². The smallest absolute Gasteiger partial charge is 0.337 e. The molecular weight excluding hydrogens is 430 g/mol. The first-order chi connectivity index (χ1) is 15.4. The molecule has 3 rings (SSSR count). The Balaban J connectivity index is 2.12. The highest BCUT2D eigenvalue weighted by molar-refractivity contribution is 7.99. The first-order valence-corrected chi connectivity index (χ1v) is 11.5. The molecule has 1 aromatic heterocycles. The number of nitrogens with one attached hydrogen (secondary N) is 2. The second kappa shape index (κ2) is 10.5. The third-order valence-corrected chi connectivity index (χ3v) is 6.08. The van der Waals surface area contributed by atoms with Gasteiger partial charge in [-0.25, -0.2) is 14.6 Å².